The third-order valence-corrected chi connectivity index (χ3v) is 6.46. The van der Waals surface area contributed by atoms with Gasteiger partial charge in [-0.2, -0.15) is 0 Å². The van der Waals surface area contributed by atoms with E-state index in [1.807, 2.05) is 48.0 Å². The monoisotopic (exact) mass is 497 g/mol. The maximum atomic E-state index is 13.9. The molecule has 4 aromatic rings. The SMILES string of the molecule is CCCC(CC(=O)OCC)n1c(=O)n(C(C)c2cc(Br)cc3cc[nH]c23)c2ccccc21. The molecule has 2 unspecified atom stereocenters. The van der Waals surface area contributed by atoms with Gasteiger partial charge in [0, 0.05) is 22.1 Å². The van der Waals surface area contributed by atoms with Crippen LogP contribution in [0.4, 0.5) is 0 Å². The van der Waals surface area contributed by atoms with Crippen LogP contribution in [0.3, 0.4) is 0 Å². The number of nitrogens with zero attached hydrogens (tertiary/aromatic N) is 2. The van der Waals surface area contributed by atoms with Gasteiger partial charge >= 0.3 is 11.7 Å². The summed E-state index contributed by atoms with van der Waals surface area (Å²) < 4.78 is 9.79. The number of carbonyl (C=O) groups excluding carboxylic acids is 1. The molecule has 2 aromatic carbocycles. The van der Waals surface area contributed by atoms with Gasteiger partial charge < -0.3 is 9.72 Å². The van der Waals surface area contributed by atoms with E-state index in [1.165, 1.54) is 0 Å². The van der Waals surface area contributed by atoms with Crippen LogP contribution in [-0.4, -0.2) is 26.7 Å². The number of aromatic amines is 1. The average Bonchev–Trinajstić information content (AvgIpc) is 3.34. The van der Waals surface area contributed by atoms with Crippen LogP contribution in [0.2, 0.25) is 0 Å². The molecule has 0 fully saturated rings. The number of halogens is 1. The third-order valence-electron chi connectivity index (χ3n) is 6.00. The second-order valence-electron chi connectivity index (χ2n) is 8.08. The molecule has 4 rings (SSSR count). The largest absolute Gasteiger partial charge is 0.466 e. The lowest BCUT2D eigenvalue weighted by molar-refractivity contribution is -0.144. The van der Waals surface area contributed by atoms with Gasteiger partial charge in [0.2, 0.25) is 0 Å². The van der Waals surface area contributed by atoms with Crippen molar-refractivity contribution in [3.63, 3.8) is 0 Å². The average molecular weight is 498 g/mol. The first-order chi connectivity index (χ1) is 15.5. The number of fused-ring (bicyclic) bond motifs is 2. The van der Waals surface area contributed by atoms with E-state index < -0.39 is 0 Å². The van der Waals surface area contributed by atoms with Crippen LogP contribution in [-0.2, 0) is 9.53 Å². The summed E-state index contributed by atoms with van der Waals surface area (Å²) in [6, 6.07) is 13.5. The van der Waals surface area contributed by atoms with Gasteiger partial charge in [0.25, 0.3) is 0 Å². The molecule has 0 spiro atoms. The van der Waals surface area contributed by atoms with Gasteiger partial charge in [0.05, 0.1) is 35.6 Å². The highest BCUT2D eigenvalue weighted by Crippen LogP contribution is 2.32. The highest BCUT2D eigenvalue weighted by atomic mass is 79.9. The molecule has 0 saturated heterocycles. The van der Waals surface area contributed by atoms with Crippen LogP contribution in [0.5, 0.6) is 0 Å². The lowest BCUT2D eigenvalue weighted by Crippen LogP contribution is -2.31. The lowest BCUT2D eigenvalue weighted by atomic mass is 10.0. The minimum atomic E-state index is -0.275. The van der Waals surface area contributed by atoms with Gasteiger partial charge in [-0.15, -0.1) is 0 Å². The van der Waals surface area contributed by atoms with Crippen LogP contribution in [0.15, 0.2) is 57.9 Å². The van der Waals surface area contributed by atoms with E-state index in [4.69, 9.17) is 4.74 Å². The summed E-state index contributed by atoms with van der Waals surface area (Å²) in [6.07, 6.45) is 3.68. The number of rotatable bonds is 8. The van der Waals surface area contributed by atoms with Crippen molar-refractivity contribution in [1.29, 1.82) is 0 Å². The summed E-state index contributed by atoms with van der Waals surface area (Å²) in [4.78, 5) is 29.5. The Morgan fingerprint density at radius 3 is 2.53 bits per heavy atom. The summed E-state index contributed by atoms with van der Waals surface area (Å²) in [6.45, 7) is 6.24. The predicted octanol–water partition coefficient (Wildman–Crippen LogP) is 5.95. The maximum absolute atomic E-state index is 13.9. The topological polar surface area (TPSA) is 69.0 Å². The zero-order valence-electron chi connectivity index (χ0n) is 18.6. The van der Waals surface area contributed by atoms with Crippen molar-refractivity contribution < 1.29 is 9.53 Å². The predicted molar refractivity (Wildman–Crippen MR) is 131 cm³/mol. The molecular weight excluding hydrogens is 470 g/mol. The number of esters is 1. The molecule has 7 heteroatoms. The minimum absolute atomic E-state index is 0.110. The fourth-order valence-electron chi connectivity index (χ4n) is 4.62. The fraction of sp³-hybridized carbons (Fsp3) is 0.360. The quantitative estimate of drug-likeness (QED) is 0.305. The molecule has 2 atom stereocenters. The Labute approximate surface area is 195 Å². The van der Waals surface area contributed by atoms with Gasteiger partial charge in [-0.3, -0.25) is 13.9 Å². The van der Waals surface area contributed by atoms with E-state index >= 15 is 0 Å². The number of H-pyrrole nitrogens is 1. The zero-order valence-corrected chi connectivity index (χ0v) is 20.2. The molecule has 0 saturated carbocycles. The van der Waals surface area contributed by atoms with Crippen molar-refractivity contribution in [2.75, 3.05) is 6.61 Å². The first kappa shape index (κ1) is 22.4. The van der Waals surface area contributed by atoms with Crippen molar-refractivity contribution in [1.82, 2.24) is 14.1 Å². The van der Waals surface area contributed by atoms with E-state index in [1.54, 1.807) is 11.5 Å². The molecule has 0 aliphatic carbocycles. The Balaban J connectivity index is 1.90. The van der Waals surface area contributed by atoms with Crippen molar-refractivity contribution in [3.8, 4) is 0 Å². The highest BCUT2D eigenvalue weighted by molar-refractivity contribution is 9.10. The Bertz CT molecular complexity index is 1320. The molecular formula is C25H28BrN3O3. The van der Waals surface area contributed by atoms with E-state index in [-0.39, 0.29) is 30.2 Å². The van der Waals surface area contributed by atoms with Crippen molar-refractivity contribution in [3.05, 3.63) is 69.2 Å². The van der Waals surface area contributed by atoms with Crippen LogP contribution >= 0.6 is 15.9 Å². The second-order valence-corrected chi connectivity index (χ2v) is 8.99. The molecule has 32 heavy (non-hydrogen) atoms. The van der Waals surface area contributed by atoms with Gasteiger partial charge in [-0.05, 0) is 56.2 Å². The summed E-state index contributed by atoms with van der Waals surface area (Å²) in [5.41, 5.74) is 3.63. The number of nitrogens with one attached hydrogen (secondary N) is 1. The van der Waals surface area contributed by atoms with E-state index in [2.05, 4.69) is 40.0 Å². The van der Waals surface area contributed by atoms with Crippen LogP contribution in [0, 0.1) is 0 Å². The number of hydrogen-bond acceptors (Lipinski definition) is 3. The second kappa shape index (κ2) is 9.36. The molecule has 0 radical (unpaired) electrons. The summed E-state index contributed by atoms with van der Waals surface area (Å²) >= 11 is 3.61. The Hall–Kier alpha value is -2.80. The lowest BCUT2D eigenvalue weighted by Gasteiger charge is -2.18. The number of hydrogen-bond donors (Lipinski definition) is 1. The standard InChI is InChI=1S/C25H28BrN3O3/c1-4-8-19(15-23(30)32-5-2)29-22-10-7-6-9-21(22)28(25(29)31)16(3)20-14-18(26)13-17-11-12-27-24(17)20/h6-7,9-14,16,19,27H,4-5,8,15H2,1-3H3. The molecule has 0 bridgehead atoms. The Morgan fingerprint density at radius 2 is 1.84 bits per heavy atom. The number of imidazole rings is 1. The van der Waals surface area contributed by atoms with Crippen molar-refractivity contribution >= 4 is 43.8 Å². The molecule has 168 valence electrons. The van der Waals surface area contributed by atoms with Gasteiger partial charge in [0.15, 0.2) is 0 Å². The number of carbonyl (C=O) groups is 1. The van der Waals surface area contributed by atoms with Gasteiger partial charge in [-0.25, -0.2) is 4.79 Å². The molecule has 1 N–H and O–H groups in total. The Kier molecular flexibility index (Phi) is 6.55. The normalized spacial score (nSPS) is 13.5. The number of aromatic nitrogens is 3. The van der Waals surface area contributed by atoms with Crippen LogP contribution in [0.1, 0.15) is 57.7 Å². The van der Waals surface area contributed by atoms with E-state index in [9.17, 15) is 9.59 Å². The van der Waals surface area contributed by atoms with Crippen molar-refractivity contribution in [2.24, 2.45) is 0 Å². The zero-order chi connectivity index (χ0) is 22.8. The van der Waals surface area contributed by atoms with Crippen LogP contribution < -0.4 is 5.69 Å². The van der Waals surface area contributed by atoms with Gasteiger partial charge in [-0.1, -0.05) is 41.4 Å². The number of ether oxygens (including phenoxy) is 1. The first-order valence-corrected chi connectivity index (χ1v) is 11.9. The van der Waals surface area contributed by atoms with Crippen LogP contribution in [0.25, 0.3) is 21.9 Å². The third kappa shape index (κ3) is 4.01. The first-order valence-electron chi connectivity index (χ1n) is 11.1. The molecule has 0 aliphatic heterocycles. The highest BCUT2D eigenvalue weighted by Gasteiger charge is 2.26. The van der Waals surface area contributed by atoms with Gasteiger partial charge in [0.1, 0.15) is 0 Å². The Morgan fingerprint density at radius 1 is 1.12 bits per heavy atom. The fourth-order valence-corrected chi connectivity index (χ4v) is 5.11. The smallest absolute Gasteiger partial charge is 0.329 e. The molecule has 0 aliphatic rings. The number of benzene rings is 2. The molecule has 0 amide bonds. The summed E-state index contributed by atoms with van der Waals surface area (Å²) in [5.74, 6) is -0.275. The summed E-state index contributed by atoms with van der Waals surface area (Å²) in [5, 5.41) is 1.09. The van der Waals surface area contributed by atoms with Crippen molar-refractivity contribution in [2.45, 2.75) is 52.1 Å². The van der Waals surface area contributed by atoms with E-state index in [0.717, 1.165) is 44.8 Å². The minimum Gasteiger partial charge on any atom is -0.466 e. The molecule has 2 aromatic heterocycles. The summed E-state index contributed by atoms with van der Waals surface area (Å²) in [7, 11) is 0. The number of para-hydroxylation sites is 2. The van der Waals surface area contributed by atoms with E-state index in [0.29, 0.717) is 6.61 Å². The molecule has 6 nitrogen and oxygen atoms in total. The molecule has 2 heterocycles. The maximum Gasteiger partial charge on any atom is 0.329 e.